The quantitative estimate of drug-likeness (QED) is 0.321. The van der Waals surface area contributed by atoms with Gasteiger partial charge in [0, 0.05) is 26.3 Å². The molecule has 5 rings (SSSR count). The third-order valence-electron chi connectivity index (χ3n) is 6.55. The highest BCUT2D eigenvalue weighted by Gasteiger charge is 2.37. The first kappa shape index (κ1) is 25.4. The molecule has 2 heterocycles. The van der Waals surface area contributed by atoms with Gasteiger partial charge in [0.1, 0.15) is 17.2 Å². The van der Waals surface area contributed by atoms with Gasteiger partial charge in [-0.1, -0.05) is 18.2 Å². The summed E-state index contributed by atoms with van der Waals surface area (Å²) in [5, 5.41) is 2.93. The lowest BCUT2D eigenvalue weighted by atomic mass is 10.1. The molecule has 0 unspecified atom stereocenters. The van der Waals surface area contributed by atoms with Gasteiger partial charge in [0.15, 0.2) is 6.79 Å². The number of likely N-dealkylation sites (tertiary alicyclic amines) is 1. The normalized spacial score (nSPS) is 15.0. The number of fused-ring (bicyclic) bond motifs is 1. The maximum Gasteiger partial charge on any atom is 0.266 e. The SMILES string of the molecule is COCOc1cc(N2C(=O)c3ccc(Oc4ccccc4)cc3C2=O)ccc1C(=O)NCCN1CCCC1. The van der Waals surface area contributed by atoms with Gasteiger partial charge in [-0.15, -0.1) is 0 Å². The van der Waals surface area contributed by atoms with Crippen LogP contribution in [0.25, 0.3) is 0 Å². The first-order chi connectivity index (χ1) is 18.5. The fourth-order valence-corrected chi connectivity index (χ4v) is 4.65. The van der Waals surface area contributed by atoms with Crippen molar-refractivity contribution in [2.75, 3.05) is 45.0 Å². The second kappa shape index (κ2) is 11.5. The van der Waals surface area contributed by atoms with Crippen molar-refractivity contribution in [3.05, 3.63) is 83.4 Å². The van der Waals surface area contributed by atoms with E-state index in [1.807, 2.05) is 18.2 Å². The van der Waals surface area contributed by atoms with Crippen LogP contribution in [-0.2, 0) is 4.74 Å². The fourth-order valence-electron chi connectivity index (χ4n) is 4.65. The summed E-state index contributed by atoms with van der Waals surface area (Å²) in [6.45, 7) is 3.29. The molecule has 9 nitrogen and oxygen atoms in total. The standard InChI is InChI=1S/C29H29N3O6/c1-36-19-37-26-17-20(9-11-24(26)27(33)30-13-16-31-14-5-6-15-31)32-28(34)23-12-10-22(18-25(23)29(32)35)38-21-7-3-2-4-8-21/h2-4,7-12,17-18H,5-6,13-16,19H2,1H3,(H,30,33). The molecule has 38 heavy (non-hydrogen) atoms. The van der Waals surface area contributed by atoms with Gasteiger partial charge >= 0.3 is 0 Å². The Morgan fingerprint density at radius 1 is 0.895 bits per heavy atom. The summed E-state index contributed by atoms with van der Waals surface area (Å²) in [7, 11) is 1.47. The van der Waals surface area contributed by atoms with Crippen LogP contribution in [0.4, 0.5) is 5.69 Å². The topological polar surface area (TPSA) is 97.4 Å². The van der Waals surface area contributed by atoms with Crippen LogP contribution in [0.2, 0.25) is 0 Å². The van der Waals surface area contributed by atoms with E-state index in [0.717, 1.165) is 24.5 Å². The van der Waals surface area contributed by atoms with E-state index in [2.05, 4.69) is 10.2 Å². The number of amides is 3. The highest BCUT2D eigenvalue weighted by Crippen LogP contribution is 2.34. The summed E-state index contributed by atoms with van der Waals surface area (Å²) >= 11 is 0. The molecule has 2 aliphatic heterocycles. The van der Waals surface area contributed by atoms with Crippen LogP contribution in [0.5, 0.6) is 17.2 Å². The molecule has 0 saturated carbocycles. The molecule has 0 atom stereocenters. The molecule has 0 radical (unpaired) electrons. The molecular weight excluding hydrogens is 486 g/mol. The number of hydrogen-bond acceptors (Lipinski definition) is 7. The summed E-state index contributed by atoms with van der Waals surface area (Å²) in [4.78, 5) is 42.8. The number of methoxy groups -OCH3 is 1. The number of carbonyl (C=O) groups is 3. The number of ether oxygens (including phenoxy) is 3. The number of carbonyl (C=O) groups excluding carboxylic acids is 3. The Kier molecular flexibility index (Phi) is 7.67. The van der Waals surface area contributed by atoms with Gasteiger partial charge in [0.2, 0.25) is 0 Å². The van der Waals surface area contributed by atoms with Crippen molar-refractivity contribution in [3.63, 3.8) is 0 Å². The lowest BCUT2D eigenvalue weighted by Crippen LogP contribution is -2.34. The zero-order valence-corrected chi connectivity index (χ0v) is 21.1. The van der Waals surface area contributed by atoms with E-state index < -0.39 is 11.8 Å². The maximum absolute atomic E-state index is 13.3. The lowest BCUT2D eigenvalue weighted by Gasteiger charge is -2.18. The second-order valence-electron chi connectivity index (χ2n) is 9.10. The maximum atomic E-state index is 13.3. The Labute approximate surface area is 220 Å². The monoisotopic (exact) mass is 515 g/mol. The molecule has 3 amide bonds. The van der Waals surface area contributed by atoms with Crippen LogP contribution in [0.1, 0.15) is 43.9 Å². The summed E-state index contributed by atoms with van der Waals surface area (Å²) < 4.78 is 16.5. The minimum Gasteiger partial charge on any atom is -0.467 e. The van der Waals surface area contributed by atoms with E-state index in [4.69, 9.17) is 14.2 Å². The van der Waals surface area contributed by atoms with Crippen LogP contribution in [0.3, 0.4) is 0 Å². The average Bonchev–Trinajstić information content (AvgIpc) is 3.54. The third kappa shape index (κ3) is 5.39. The molecular formula is C29H29N3O6. The van der Waals surface area contributed by atoms with Crippen molar-refractivity contribution >= 4 is 23.4 Å². The molecule has 0 aliphatic carbocycles. The molecule has 196 valence electrons. The van der Waals surface area contributed by atoms with Gasteiger partial charge in [-0.2, -0.15) is 0 Å². The van der Waals surface area contributed by atoms with Crippen molar-refractivity contribution in [3.8, 4) is 17.2 Å². The van der Waals surface area contributed by atoms with E-state index in [0.29, 0.717) is 29.3 Å². The summed E-state index contributed by atoms with van der Waals surface area (Å²) in [5.41, 5.74) is 1.11. The van der Waals surface area contributed by atoms with Crippen LogP contribution in [-0.4, -0.2) is 62.7 Å². The van der Waals surface area contributed by atoms with E-state index in [9.17, 15) is 14.4 Å². The Morgan fingerprint density at radius 3 is 2.42 bits per heavy atom. The molecule has 1 saturated heterocycles. The average molecular weight is 516 g/mol. The minimum absolute atomic E-state index is 0.0974. The molecule has 0 spiro atoms. The van der Waals surface area contributed by atoms with Crippen molar-refractivity contribution in [1.29, 1.82) is 0 Å². The van der Waals surface area contributed by atoms with Crippen LogP contribution < -0.4 is 19.7 Å². The number of para-hydroxylation sites is 1. The molecule has 1 fully saturated rings. The zero-order chi connectivity index (χ0) is 26.5. The van der Waals surface area contributed by atoms with Gasteiger partial charge in [0.25, 0.3) is 17.7 Å². The lowest BCUT2D eigenvalue weighted by molar-refractivity contribution is 0.0501. The molecule has 3 aromatic carbocycles. The highest BCUT2D eigenvalue weighted by atomic mass is 16.7. The van der Waals surface area contributed by atoms with Crippen LogP contribution in [0.15, 0.2) is 66.7 Å². The summed E-state index contributed by atoms with van der Waals surface area (Å²) in [6.07, 6.45) is 2.37. The zero-order valence-electron chi connectivity index (χ0n) is 21.1. The van der Waals surface area contributed by atoms with Crippen molar-refractivity contribution < 1.29 is 28.6 Å². The fraction of sp³-hybridized carbons (Fsp3) is 0.276. The molecule has 2 aliphatic rings. The van der Waals surface area contributed by atoms with Gasteiger partial charge in [-0.3, -0.25) is 14.4 Å². The Bertz CT molecular complexity index is 1340. The Hall–Kier alpha value is -4.21. The molecule has 3 aromatic rings. The third-order valence-corrected chi connectivity index (χ3v) is 6.55. The predicted octanol–water partition coefficient (Wildman–Crippen LogP) is 4.09. The second-order valence-corrected chi connectivity index (χ2v) is 9.10. The number of anilines is 1. The Balaban J connectivity index is 1.35. The van der Waals surface area contributed by atoms with E-state index in [1.165, 1.54) is 26.0 Å². The smallest absolute Gasteiger partial charge is 0.266 e. The molecule has 9 heteroatoms. The summed E-state index contributed by atoms with van der Waals surface area (Å²) in [6, 6.07) is 18.6. The Morgan fingerprint density at radius 2 is 1.66 bits per heavy atom. The number of rotatable bonds is 10. The van der Waals surface area contributed by atoms with Crippen molar-refractivity contribution in [1.82, 2.24) is 10.2 Å². The molecule has 1 N–H and O–H groups in total. The predicted molar refractivity (Wildman–Crippen MR) is 141 cm³/mol. The molecule has 0 aromatic heterocycles. The van der Waals surface area contributed by atoms with Crippen molar-refractivity contribution in [2.24, 2.45) is 0 Å². The summed E-state index contributed by atoms with van der Waals surface area (Å²) in [5.74, 6) is 0.0405. The van der Waals surface area contributed by atoms with Crippen LogP contribution >= 0.6 is 0 Å². The first-order valence-electron chi connectivity index (χ1n) is 12.6. The van der Waals surface area contributed by atoms with E-state index >= 15 is 0 Å². The number of imide groups is 1. The van der Waals surface area contributed by atoms with Gasteiger partial charge < -0.3 is 24.4 Å². The number of benzene rings is 3. The first-order valence-corrected chi connectivity index (χ1v) is 12.6. The van der Waals surface area contributed by atoms with Gasteiger partial charge in [-0.25, -0.2) is 4.90 Å². The largest absolute Gasteiger partial charge is 0.467 e. The molecule has 0 bridgehead atoms. The van der Waals surface area contributed by atoms with Crippen LogP contribution in [0, 0.1) is 0 Å². The number of hydrogen-bond donors (Lipinski definition) is 1. The minimum atomic E-state index is -0.482. The van der Waals surface area contributed by atoms with Gasteiger partial charge in [0.05, 0.1) is 22.4 Å². The highest BCUT2D eigenvalue weighted by molar-refractivity contribution is 6.34. The van der Waals surface area contributed by atoms with E-state index in [1.54, 1.807) is 42.5 Å². The number of nitrogens with zero attached hydrogens (tertiary/aromatic N) is 2. The number of nitrogens with one attached hydrogen (secondary N) is 1. The van der Waals surface area contributed by atoms with Gasteiger partial charge in [-0.05, 0) is 68.4 Å². The van der Waals surface area contributed by atoms with E-state index in [-0.39, 0.29) is 29.6 Å². The van der Waals surface area contributed by atoms with Crippen molar-refractivity contribution in [2.45, 2.75) is 12.8 Å².